The zero-order valence-electron chi connectivity index (χ0n) is 15.6. The van der Waals surface area contributed by atoms with E-state index in [1.165, 1.54) is 0 Å². The van der Waals surface area contributed by atoms with Gasteiger partial charge in [0.2, 0.25) is 0 Å². The van der Waals surface area contributed by atoms with Gasteiger partial charge in [0.15, 0.2) is 6.61 Å². The van der Waals surface area contributed by atoms with Crippen LogP contribution in [0.25, 0.3) is 0 Å². The van der Waals surface area contributed by atoms with Crippen molar-refractivity contribution in [1.29, 1.82) is 0 Å². The Bertz CT molecular complexity index is 776. The van der Waals surface area contributed by atoms with Crippen LogP contribution in [0.3, 0.4) is 0 Å². The monoisotopic (exact) mass is 354 g/mol. The summed E-state index contributed by atoms with van der Waals surface area (Å²) in [6, 6.07) is 13.8. The first kappa shape index (κ1) is 18.3. The van der Waals surface area contributed by atoms with Crippen LogP contribution in [0.15, 0.2) is 42.5 Å². The van der Waals surface area contributed by atoms with Crippen molar-refractivity contribution in [2.75, 3.05) is 33.4 Å². The summed E-state index contributed by atoms with van der Waals surface area (Å²) in [5, 5.41) is 3.37. The van der Waals surface area contributed by atoms with Crippen molar-refractivity contribution in [2.24, 2.45) is 0 Å². The second-order valence-corrected chi connectivity index (χ2v) is 6.61. The van der Waals surface area contributed by atoms with Gasteiger partial charge < -0.3 is 19.7 Å². The lowest BCUT2D eigenvalue weighted by molar-refractivity contribution is -0.136. The molecule has 5 heteroatoms. The van der Waals surface area contributed by atoms with Crippen LogP contribution in [0.4, 0.5) is 0 Å². The number of methoxy groups -OCH3 is 1. The molecule has 1 heterocycles. The molecule has 1 unspecified atom stereocenters. The lowest BCUT2D eigenvalue weighted by Crippen LogP contribution is -2.50. The molecule has 1 aliphatic rings. The molecule has 138 valence electrons. The third-order valence-electron chi connectivity index (χ3n) is 4.76. The SMILES string of the molecule is COc1ccccc1C1CNCCN1C(=O)COc1cc(C)ccc1C. The van der Waals surface area contributed by atoms with E-state index in [4.69, 9.17) is 9.47 Å². The lowest BCUT2D eigenvalue weighted by Gasteiger charge is -2.37. The summed E-state index contributed by atoms with van der Waals surface area (Å²) < 4.78 is 11.3. The Morgan fingerprint density at radius 1 is 1.19 bits per heavy atom. The summed E-state index contributed by atoms with van der Waals surface area (Å²) >= 11 is 0. The van der Waals surface area contributed by atoms with Crippen LogP contribution in [0.2, 0.25) is 0 Å². The van der Waals surface area contributed by atoms with Crippen LogP contribution in [0.1, 0.15) is 22.7 Å². The van der Waals surface area contributed by atoms with Crippen molar-refractivity contribution in [3.05, 3.63) is 59.2 Å². The van der Waals surface area contributed by atoms with Crippen LogP contribution in [0, 0.1) is 13.8 Å². The molecule has 0 aliphatic carbocycles. The van der Waals surface area contributed by atoms with Crippen LogP contribution >= 0.6 is 0 Å². The topological polar surface area (TPSA) is 50.8 Å². The molecule has 0 radical (unpaired) electrons. The molecule has 1 atom stereocenters. The Balaban J connectivity index is 1.75. The number of piperazine rings is 1. The number of ether oxygens (including phenoxy) is 2. The molecule has 0 spiro atoms. The first-order valence-electron chi connectivity index (χ1n) is 8.93. The Kier molecular flexibility index (Phi) is 5.78. The Morgan fingerprint density at radius 2 is 2.00 bits per heavy atom. The average Bonchev–Trinajstić information content (AvgIpc) is 2.68. The van der Waals surface area contributed by atoms with E-state index in [-0.39, 0.29) is 18.6 Å². The third-order valence-corrected chi connectivity index (χ3v) is 4.76. The van der Waals surface area contributed by atoms with Crippen molar-refractivity contribution in [3.8, 4) is 11.5 Å². The predicted molar refractivity (Wildman–Crippen MR) is 102 cm³/mol. The molecule has 0 saturated carbocycles. The normalized spacial score (nSPS) is 17.0. The molecule has 0 bridgehead atoms. The fourth-order valence-electron chi connectivity index (χ4n) is 3.31. The second kappa shape index (κ2) is 8.23. The van der Waals surface area contributed by atoms with Crippen molar-refractivity contribution < 1.29 is 14.3 Å². The van der Waals surface area contributed by atoms with Gasteiger partial charge in [-0.3, -0.25) is 4.79 Å². The third kappa shape index (κ3) is 3.99. The number of para-hydroxylation sites is 1. The van der Waals surface area contributed by atoms with E-state index < -0.39 is 0 Å². The highest BCUT2D eigenvalue weighted by molar-refractivity contribution is 5.78. The highest BCUT2D eigenvalue weighted by atomic mass is 16.5. The molecule has 5 nitrogen and oxygen atoms in total. The van der Waals surface area contributed by atoms with E-state index >= 15 is 0 Å². The molecular formula is C21H26N2O3. The van der Waals surface area contributed by atoms with Crippen LogP contribution in [-0.4, -0.2) is 44.2 Å². The number of amides is 1. The molecule has 0 aromatic heterocycles. The van der Waals surface area contributed by atoms with E-state index in [1.807, 2.05) is 61.2 Å². The van der Waals surface area contributed by atoms with Crippen molar-refractivity contribution in [2.45, 2.75) is 19.9 Å². The number of carbonyl (C=O) groups is 1. The number of nitrogens with one attached hydrogen (secondary N) is 1. The molecule has 1 aliphatic heterocycles. The smallest absolute Gasteiger partial charge is 0.261 e. The number of carbonyl (C=O) groups excluding carboxylic acids is 1. The minimum Gasteiger partial charge on any atom is -0.496 e. The van der Waals surface area contributed by atoms with Gasteiger partial charge in [-0.25, -0.2) is 0 Å². The minimum absolute atomic E-state index is 0.0108. The fraction of sp³-hybridized carbons (Fsp3) is 0.381. The van der Waals surface area contributed by atoms with Gasteiger partial charge in [-0.15, -0.1) is 0 Å². The Labute approximate surface area is 154 Å². The van der Waals surface area contributed by atoms with Gasteiger partial charge in [0.25, 0.3) is 5.91 Å². The quantitative estimate of drug-likeness (QED) is 0.897. The molecular weight excluding hydrogens is 328 g/mol. The first-order valence-corrected chi connectivity index (χ1v) is 8.93. The highest BCUT2D eigenvalue weighted by Crippen LogP contribution is 2.30. The van der Waals surface area contributed by atoms with Crippen molar-refractivity contribution in [1.82, 2.24) is 10.2 Å². The Hall–Kier alpha value is -2.53. The van der Waals surface area contributed by atoms with E-state index in [0.29, 0.717) is 13.1 Å². The zero-order chi connectivity index (χ0) is 18.5. The van der Waals surface area contributed by atoms with Gasteiger partial charge >= 0.3 is 0 Å². The van der Waals surface area contributed by atoms with E-state index in [0.717, 1.165) is 34.7 Å². The average molecular weight is 354 g/mol. The molecule has 1 N–H and O–H groups in total. The standard InChI is InChI=1S/C21H26N2O3/c1-15-8-9-16(2)20(12-15)26-14-21(24)23-11-10-22-13-18(23)17-6-4-5-7-19(17)25-3/h4-9,12,18,22H,10-11,13-14H2,1-3H3. The number of benzene rings is 2. The number of hydrogen-bond donors (Lipinski definition) is 1. The first-order chi connectivity index (χ1) is 12.6. The van der Waals surface area contributed by atoms with Crippen LogP contribution < -0.4 is 14.8 Å². The Morgan fingerprint density at radius 3 is 2.81 bits per heavy atom. The van der Waals surface area contributed by atoms with Crippen LogP contribution in [0.5, 0.6) is 11.5 Å². The molecule has 26 heavy (non-hydrogen) atoms. The second-order valence-electron chi connectivity index (χ2n) is 6.61. The molecule has 2 aromatic carbocycles. The number of hydrogen-bond acceptors (Lipinski definition) is 4. The predicted octanol–water partition coefficient (Wildman–Crippen LogP) is 2.86. The molecule has 3 rings (SSSR count). The van der Waals surface area contributed by atoms with E-state index in [2.05, 4.69) is 5.32 Å². The van der Waals surface area contributed by atoms with Gasteiger partial charge in [-0.2, -0.15) is 0 Å². The van der Waals surface area contributed by atoms with Gasteiger partial charge in [0.05, 0.1) is 13.2 Å². The molecule has 1 amide bonds. The van der Waals surface area contributed by atoms with Gasteiger partial charge in [0, 0.05) is 25.2 Å². The maximum absolute atomic E-state index is 12.9. The number of nitrogens with zero attached hydrogens (tertiary/aromatic N) is 1. The fourth-order valence-corrected chi connectivity index (χ4v) is 3.31. The maximum atomic E-state index is 12.9. The summed E-state index contributed by atoms with van der Waals surface area (Å²) in [5.74, 6) is 1.56. The van der Waals surface area contributed by atoms with Gasteiger partial charge in [-0.05, 0) is 37.1 Å². The highest BCUT2D eigenvalue weighted by Gasteiger charge is 2.30. The molecule has 2 aromatic rings. The number of aryl methyl sites for hydroxylation is 2. The summed E-state index contributed by atoms with van der Waals surface area (Å²) in [5.41, 5.74) is 3.17. The molecule has 1 fully saturated rings. The van der Waals surface area contributed by atoms with Gasteiger partial charge in [-0.1, -0.05) is 30.3 Å². The maximum Gasteiger partial charge on any atom is 0.261 e. The van der Waals surface area contributed by atoms with E-state index in [9.17, 15) is 4.79 Å². The van der Waals surface area contributed by atoms with Crippen molar-refractivity contribution >= 4 is 5.91 Å². The minimum atomic E-state index is -0.0605. The summed E-state index contributed by atoms with van der Waals surface area (Å²) in [6.07, 6.45) is 0. The number of rotatable bonds is 5. The van der Waals surface area contributed by atoms with E-state index in [1.54, 1.807) is 7.11 Å². The van der Waals surface area contributed by atoms with Crippen molar-refractivity contribution in [3.63, 3.8) is 0 Å². The van der Waals surface area contributed by atoms with Crippen LogP contribution in [-0.2, 0) is 4.79 Å². The van der Waals surface area contributed by atoms with Gasteiger partial charge in [0.1, 0.15) is 11.5 Å². The summed E-state index contributed by atoms with van der Waals surface area (Å²) in [6.45, 7) is 6.17. The lowest BCUT2D eigenvalue weighted by atomic mass is 10.0. The summed E-state index contributed by atoms with van der Waals surface area (Å²) in [4.78, 5) is 14.8. The largest absolute Gasteiger partial charge is 0.496 e. The molecule has 1 saturated heterocycles. The summed E-state index contributed by atoms with van der Waals surface area (Å²) in [7, 11) is 1.66. The zero-order valence-corrected chi connectivity index (χ0v) is 15.6.